The van der Waals surface area contributed by atoms with E-state index in [-0.39, 0.29) is 16.8 Å². The summed E-state index contributed by atoms with van der Waals surface area (Å²) in [4.78, 5) is 12.3. The first-order valence-electron chi connectivity index (χ1n) is 8.82. The van der Waals surface area contributed by atoms with Gasteiger partial charge in [0.2, 0.25) is 0 Å². The highest BCUT2D eigenvalue weighted by atomic mass is 16.5. The first-order valence-corrected chi connectivity index (χ1v) is 8.82. The second-order valence-electron chi connectivity index (χ2n) is 7.51. The average Bonchev–Trinajstić information content (AvgIpc) is 2.64. The molecule has 0 radical (unpaired) electrons. The van der Waals surface area contributed by atoms with Crippen molar-refractivity contribution in [3.63, 3.8) is 0 Å². The molecular formula is C23H25NO3. The Morgan fingerprint density at radius 2 is 1.81 bits per heavy atom. The van der Waals surface area contributed by atoms with E-state index in [1.165, 1.54) is 0 Å². The average molecular weight is 363 g/mol. The number of carbonyl (C=O) groups excluding carboxylic acids is 1. The lowest BCUT2D eigenvalue weighted by molar-refractivity contribution is -0.116. The van der Waals surface area contributed by atoms with Crippen molar-refractivity contribution in [2.75, 3.05) is 7.11 Å². The van der Waals surface area contributed by atoms with Crippen LogP contribution in [-0.4, -0.2) is 12.9 Å². The number of Topliss-reactive ketones (excluding diaryl/α,β-unsaturated/α-hetero) is 1. The Morgan fingerprint density at radius 1 is 1.11 bits per heavy atom. The van der Waals surface area contributed by atoms with Crippen LogP contribution in [0.15, 0.2) is 54.1 Å². The van der Waals surface area contributed by atoms with Gasteiger partial charge in [0, 0.05) is 6.42 Å². The SMILES string of the molecule is COc1cc(/C=C(\C#N)C(=O)CC(C)(C)C)ccc1OCc1ccccc1. The van der Waals surface area contributed by atoms with Crippen LogP contribution in [0.4, 0.5) is 0 Å². The Bertz CT molecular complexity index is 855. The molecule has 0 N–H and O–H groups in total. The quantitative estimate of drug-likeness (QED) is 0.502. The van der Waals surface area contributed by atoms with Gasteiger partial charge in [0.25, 0.3) is 0 Å². The Labute approximate surface area is 161 Å². The molecule has 27 heavy (non-hydrogen) atoms. The van der Waals surface area contributed by atoms with Crippen LogP contribution in [0.3, 0.4) is 0 Å². The van der Waals surface area contributed by atoms with Gasteiger partial charge in [0.1, 0.15) is 12.7 Å². The molecular weight excluding hydrogens is 338 g/mol. The van der Waals surface area contributed by atoms with E-state index >= 15 is 0 Å². The maximum Gasteiger partial charge on any atom is 0.173 e. The molecule has 4 nitrogen and oxygen atoms in total. The molecule has 0 atom stereocenters. The highest BCUT2D eigenvalue weighted by molar-refractivity contribution is 6.03. The Balaban J connectivity index is 2.19. The summed E-state index contributed by atoms with van der Waals surface area (Å²) in [5.74, 6) is 1.01. The van der Waals surface area contributed by atoms with E-state index < -0.39 is 0 Å². The van der Waals surface area contributed by atoms with Gasteiger partial charge >= 0.3 is 0 Å². The van der Waals surface area contributed by atoms with E-state index in [2.05, 4.69) is 0 Å². The number of ketones is 1. The monoisotopic (exact) mass is 363 g/mol. The molecule has 0 bridgehead atoms. The Kier molecular flexibility index (Phi) is 6.79. The van der Waals surface area contributed by atoms with Crippen molar-refractivity contribution in [3.8, 4) is 17.6 Å². The van der Waals surface area contributed by atoms with Crippen LogP contribution in [0, 0.1) is 16.7 Å². The van der Waals surface area contributed by atoms with Gasteiger partial charge in [-0.3, -0.25) is 4.79 Å². The normalized spacial score (nSPS) is 11.6. The van der Waals surface area contributed by atoms with Gasteiger partial charge in [-0.1, -0.05) is 57.2 Å². The number of benzene rings is 2. The van der Waals surface area contributed by atoms with Crippen LogP contribution in [0.25, 0.3) is 6.08 Å². The van der Waals surface area contributed by atoms with Crippen LogP contribution < -0.4 is 9.47 Å². The maximum absolute atomic E-state index is 12.3. The fourth-order valence-corrected chi connectivity index (χ4v) is 2.55. The number of hydrogen-bond acceptors (Lipinski definition) is 4. The number of ether oxygens (including phenoxy) is 2. The summed E-state index contributed by atoms with van der Waals surface area (Å²) in [7, 11) is 1.56. The number of allylic oxidation sites excluding steroid dienone is 1. The summed E-state index contributed by atoms with van der Waals surface area (Å²) in [5, 5.41) is 9.35. The zero-order chi connectivity index (χ0) is 19.9. The molecule has 0 fully saturated rings. The maximum atomic E-state index is 12.3. The summed E-state index contributed by atoms with van der Waals surface area (Å²) in [6, 6.07) is 17.2. The number of methoxy groups -OCH3 is 1. The van der Waals surface area contributed by atoms with E-state index in [1.807, 2.05) is 63.2 Å². The lowest BCUT2D eigenvalue weighted by Gasteiger charge is -2.16. The largest absolute Gasteiger partial charge is 0.493 e. The minimum absolute atomic E-state index is 0.143. The topological polar surface area (TPSA) is 59.3 Å². The molecule has 2 aromatic carbocycles. The molecule has 0 amide bonds. The van der Waals surface area contributed by atoms with E-state index in [1.54, 1.807) is 25.3 Å². The third-order valence-corrected chi connectivity index (χ3v) is 3.85. The highest BCUT2D eigenvalue weighted by Gasteiger charge is 2.19. The van der Waals surface area contributed by atoms with Crippen molar-refractivity contribution in [2.24, 2.45) is 5.41 Å². The highest BCUT2D eigenvalue weighted by Crippen LogP contribution is 2.30. The van der Waals surface area contributed by atoms with Crippen molar-refractivity contribution in [2.45, 2.75) is 33.8 Å². The molecule has 0 spiro atoms. The van der Waals surface area contributed by atoms with E-state index in [0.29, 0.717) is 24.5 Å². The second-order valence-corrected chi connectivity index (χ2v) is 7.51. The lowest BCUT2D eigenvalue weighted by atomic mass is 9.87. The molecule has 0 heterocycles. The van der Waals surface area contributed by atoms with E-state index in [0.717, 1.165) is 11.1 Å². The van der Waals surface area contributed by atoms with Gasteiger partial charge in [-0.25, -0.2) is 0 Å². The van der Waals surface area contributed by atoms with Gasteiger partial charge in [0.05, 0.1) is 12.7 Å². The summed E-state index contributed by atoms with van der Waals surface area (Å²) in [6.45, 7) is 6.35. The molecule has 0 saturated carbocycles. The number of nitriles is 1. The fraction of sp³-hybridized carbons (Fsp3) is 0.304. The Hall–Kier alpha value is -3.06. The van der Waals surface area contributed by atoms with Crippen LogP contribution in [0.2, 0.25) is 0 Å². The molecule has 0 saturated heterocycles. The predicted octanol–water partition coefficient (Wildman–Crippen LogP) is 5.19. The molecule has 140 valence electrons. The van der Waals surface area contributed by atoms with Crippen LogP contribution in [-0.2, 0) is 11.4 Å². The van der Waals surface area contributed by atoms with Crippen LogP contribution in [0.5, 0.6) is 11.5 Å². The predicted molar refractivity (Wildman–Crippen MR) is 106 cm³/mol. The fourth-order valence-electron chi connectivity index (χ4n) is 2.55. The molecule has 4 heteroatoms. The van der Waals surface area contributed by atoms with Gasteiger partial charge in [0.15, 0.2) is 17.3 Å². The third kappa shape index (κ3) is 6.31. The smallest absolute Gasteiger partial charge is 0.173 e. The van der Waals surface area contributed by atoms with Crippen LogP contribution in [0.1, 0.15) is 38.3 Å². The van der Waals surface area contributed by atoms with Gasteiger partial charge in [-0.2, -0.15) is 5.26 Å². The standard InChI is InChI=1S/C23H25NO3/c1-23(2,3)14-20(25)19(15-24)12-18-10-11-21(22(13-18)26-4)27-16-17-8-6-5-7-9-17/h5-13H,14,16H2,1-4H3/b19-12+. The van der Waals surface area contributed by atoms with Crippen LogP contribution >= 0.6 is 0 Å². The summed E-state index contributed by atoms with van der Waals surface area (Å²) in [6.07, 6.45) is 1.92. The second kappa shape index (κ2) is 9.05. The minimum Gasteiger partial charge on any atom is -0.493 e. The van der Waals surface area contributed by atoms with Crippen molar-refractivity contribution < 1.29 is 14.3 Å². The molecule has 0 aliphatic carbocycles. The first kappa shape index (κ1) is 20.3. The van der Waals surface area contributed by atoms with E-state index in [9.17, 15) is 10.1 Å². The number of nitrogens with zero attached hydrogens (tertiary/aromatic N) is 1. The molecule has 2 aromatic rings. The van der Waals surface area contributed by atoms with Crippen molar-refractivity contribution in [1.29, 1.82) is 5.26 Å². The number of rotatable bonds is 7. The van der Waals surface area contributed by atoms with Crippen molar-refractivity contribution in [1.82, 2.24) is 0 Å². The summed E-state index contributed by atoms with van der Waals surface area (Å²) >= 11 is 0. The molecule has 0 unspecified atom stereocenters. The van der Waals surface area contributed by atoms with Crippen molar-refractivity contribution in [3.05, 3.63) is 65.2 Å². The first-order chi connectivity index (χ1) is 12.8. The van der Waals surface area contributed by atoms with Gasteiger partial charge < -0.3 is 9.47 Å². The Morgan fingerprint density at radius 3 is 2.41 bits per heavy atom. The zero-order valence-electron chi connectivity index (χ0n) is 16.3. The molecule has 0 aliphatic rings. The number of carbonyl (C=O) groups is 1. The van der Waals surface area contributed by atoms with Crippen molar-refractivity contribution >= 4 is 11.9 Å². The molecule has 0 aliphatic heterocycles. The van der Waals surface area contributed by atoms with E-state index in [4.69, 9.17) is 9.47 Å². The molecule has 0 aromatic heterocycles. The summed E-state index contributed by atoms with van der Waals surface area (Å²) < 4.78 is 11.2. The van der Waals surface area contributed by atoms with Gasteiger partial charge in [-0.15, -0.1) is 0 Å². The minimum atomic E-state index is -0.167. The third-order valence-electron chi connectivity index (χ3n) is 3.85. The zero-order valence-corrected chi connectivity index (χ0v) is 16.3. The number of hydrogen-bond donors (Lipinski definition) is 0. The molecule has 2 rings (SSSR count). The lowest BCUT2D eigenvalue weighted by Crippen LogP contribution is -2.14. The summed E-state index contributed by atoms with van der Waals surface area (Å²) in [5.41, 5.74) is 1.76. The van der Waals surface area contributed by atoms with Gasteiger partial charge in [-0.05, 0) is 34.8 Å².